The number of halogens is 2. The maximum absolute atomic E-state index is 6.17. The highest BCUT2D eigenvalue weighted by molar-refractivity contribution is 6.35. The van der Waals surface area contributed by atoms with E-state index in [9.17, 15) is 0 Å². The van der Waals surface area contributed by atoms with Crippen LogP contribution in [0.5, 0.6) is 0 Å². The van der Waals surface area contributed by atoms with Crippen molar-refractivity contribution in [2.75, 3.05) is 36.5 Å². The average molecular weight is 433 g/mol. The van der Waals surface area contributed by atoms with Crippen LogP contribution >= 0.6 is 23.2 Å². The minimum Gasteiger partial charge on any atom is -0.378 e. The third kappa shape index (κ3) is 4.58. The maximum Gasteiger partial charge on any atom is 0.222 e. The zero-order valence-corrected chi connectivity index (χ0v) is 17.5. The first-order chi connectivity index (χ1) is 14.0. The fraction of sp³-hybridized carbons (Fsp3) is 0.300. The summed E-state index contributed by atoms with van der Waals surface area (Å²) in [6.07, 6.45) is -0.511. The molecule has 0 saturated carbocycles. The van der Waals surface area contributed by atoms with Crippen molar-refractivity contribution in [3.63, 3.8) is 0 Å². The SMILES string of the molecule is Cc1ccc(N2C(N3CCOCC3)=NC(N)=NC2Nc2cc(Cl)cc(Cl)c2)cc1. The van der Waals surface area contributed by atoms with Gasteiger partial charge in [0.1, 0.15) is 0 Å². The monoisotopic (exact) mass is 432 g/mol. The molecule has 7 nitrogen and oxygen atoms in total. The van der Waals surface area contributed by atoms with Crippen LogP contribution in [0.2, 0.25) is 10.0 Å². The molecule has 1 unspecified atom stereocenters. The number of nitrogens with zero attached hydrogens (tertiary/aromatic N) is 4. The van der Waals surface area contributed by atoms with Crippen molar-refractivity contribution in [3.05, 3.63) is 58.1 Å². The molecule has 2 heterocycles. The molecule has 2 aliphatic heterocycles. The summed E-state index contributed by atoms with van der Waals surface area (Å²) in [7, 11) is 0. The summed E-state index contributed by atoms with van der Waals surface area (Å²) >= 11 is 12.3. The minimum atomic E-state index is -0.511. The Hall–Kier alpha value is -2.48. The molecule has 4 rings (SSSR count). The van der Waals surface area contributed by atoms with Crippen LogP contribution in [0.1, 0.15) is 5.56 Å². The second kappa shape index (κ2) is 8.49. The standard InChI is InChI=1S/C20H22Cl2N6O/c1-13-2-4-17(5-3-13)28-19(24-16-11-14(21)10-15(22)12-16)25-18(23)26-20(28)27-6-8-29-9-7-27/h2-5,10-12,19,24H,6-9H2,1H3,(H2,23,25). The number of hydrogen-bond acceptors (Lipinski definition) is 7. The van der Waals surface area contributed by atoms with Gasteiger partial charge in [0, 0.05) is 34.5 Å². The second-order valence-corrected chi connectivity index (χ2v) is 7.75. The van der Waals surface area contributed by atoms with Gasteiger partial charge in [-0.05, 0) is 37.3 Å². The number of aryl methyl sites for hydroxylation is 1. The Morgan fingerprint density at radius 3 is 2.38 bits per heavy atom. The number of aliphatic imine (C=N–C) groups is 2. The van der Waals surface area contributed by atoms with Crippen LogP contribution in [0.4, 0.5) is 11.4 Å². The number of morpholine rings is 1. The second-order valence-electron chi connectivity index (χ2n) is 6.88. The van der Waals surface area contributed by atoms with Gasteiger partial charge in [0.05, 0.1) is 13.2 Å². The van der Waals surface area contributed by atoms with Crippen LogP contribution in [0.15, 0.2) is 52.4 Å². The van der Waals surface area contributed by atoms with Gasteiger partial charge < -0.3 is 20.7 Å². The van der Waals surface area contributed by atoms with Gasteiger partial charge in [0.2, 0.25) is 18.2 Å². The summed E-state index contributed by atoms with van der Waals surface area (Å²) in [6, 6.07) is 13.5. The van der Waals surface area contributed by atoms with E-state index in [1.54, 1.807) is 18.2 Å². The van der Waals surface area contributed by atoms with E-state index in [0.29, 0.717) is 23.3 Å². The van der Waals surface area contributed by atoms with Gasteiger partial charge in [-0.3, -0.25) is 4.90 Å². The van der Waals surface area contributed by atoms with Gasteiger partial charge in [-0.15, -0.1) is 0 Å². The molecule has 0 spiro atoms. The molecule has 9 heteroatoms. The molecular weight excluding hydrogens is 411 g/mol. The zero-order chi connectivity index (χ0) is 20.4. The Morgan fingerprint density at radius 2 is 1.72 bits per heavy atom. The van der Waals surface area contributed by atoms with Gasteiger partial charge in [-0.1, -0.05) is 40.9 Å². The lowest BCUT2D eigenvalue weighted by molar-refractivity contribution is 0.0671. The highest BCUT2D eigenvalue weighted by Gasteiger charge is 2.32. The van der Waals surface area contributed by atoms with Crippen molar-refractivity contribution in [2.45, 2.75) is 13.2 Å². The third-order valence-corrected chi connectivity index (χ3v) is 5.13. The summed E-state index contributed by atoms with van der Waals surface area (Å²) in [5.74, 6) is 0.941. The highest BCUT2D eigenvalue weighted by atomic mass is 35.5. The normalized spacial score (nSPS) is 19.6. The first kappa shape index (κ1) is 19.8. The predicted molar refractivity (Wildman–Crippen MR) is 119 cm³/mol. The molecular formula is C20H22Cl2N6O. The summed E-state index contributed by atoms with van der Waals surface area (Å²) in [5.41, 5.74) is 8.94. The molecule has 0 radical (unpaired) electrons. The average Bonchev–Trinajstić information content (AvgIpc) is 2.68. The van der Waals surface area contributed by atoms with Gasteiger partial charge in [0.15, 0.2) is 0 Å². The molecule has 2 aromatic rings. The molecule has 2 aliphatic rings. The predicted octanol–water partition coefficient (Wildman–Crippen LogP) is 3.52. The van der Waals surface area contributed by atoms with Crippen molar-refractivity contribution < 1.29 is 4.74 Å². The molecule has 0 aliphatic carbocycles. The maximum atomic E-state index is 6.17. The van der Waals surface area contributed by atoms with Crippen LogP contribution in [-0.2, 0) is 4.74 Å². The number of rotatable bonds is 3. The topological polar surface area (TPSA) is 78.5 Å². The van der Waals surface area contributed by atoms with Crippen LogP contribution < -0.4 is 16.0 Å². The molecule has 0 amide bonds. The van der Waals surface area contributed by atoms with Crippen LogP contribution in [0, 0.1) is 6.92 Å². The molecule has 0 bridgehead atoms. The Kier molecular flexibility index (Phi) is 5.80. The van der Waals surface area contributed by atoms with Crippen LogP contribution in [0.3, 0.4) is 0 Å². The molecule has 1 saturated heterocycles. The number of ether oxygens (including phenoxy) is 1. The Balaban J connectivity index is 1.72. The van der Waals surface area contributed by atoms with Crippen LogP contribution in [-0.4, -0.2) is 49.4 Å². The van der Waals surface area contributed by atoms with Crippen molar-refractivity contribution >= 4 is 46.5 Å². The largest absolute Gasteiger partial charge is 0.378 e. The number of nitrogens with one attached hydrogen (secondary N) is 1. The van der Waals surface area contributed by atoms with Crippen molar-refractivity contribution in [1.82, 2.24) is 4.90 Å². The fourth-order valence-corrected chi connectivity index (χ4v) is 3.84. The van der Waals surface area contributed by atoms with E-state index < -0.39 is 6.29 Å². The summed E-state index contributed by atoms with van der Waals surface area (Å²) < 4.78 is 5.50. The van der Waals surface area contributed by atoms with E-state index >= 15 is 0 Å². The van der Waals surface area contributed by atoms with E-state index in [2.05, 4.69) is 39.3 Å². The lowest BCUT2D eigenvalue weighted by Crippen LogP contribution is -2.57. The number of nitrogens with two attached hydrogens (primary N) is 1. The van der Waals surface area contributed by atoms with E-state index in [0.717, 1.165) is 30.4 Å². The first-order valence-electron chi connectivity index (χ1n) is 9.33. The van der Waals surface area contributed by atoms with Crippen molar-refractivity contribution in [3.8, 4) is 0 Å². The number of anilines is 2. The number of benzene rings is 2. The van der Waals surface area contributed by atoms with E-state index in [1.807, 2.05) is 17.0 Å². The fourth-order valence-electron chi connectivity index (χ4n) is 3.31. The molecule has 3 N–H and O–H groups in total. The first-order valence-corrected chi connectivity index (χ1v) is 10.1. The molecule has 1 atom stereocenters. The molecule has 2 aromatic carbocycles. The summed E-state index contributed by atoms with van der Waals surface area (Å²) in [5, 5.41) is 4.45. The van der Waals surface area contributed by atoms with Gasteiger partial charge in [0.25, 0.3) is 0 Å². The van der Waals surface area contributed by atoms with E-state index in [4.69, 9.17) is 33.7 Å². The summed E-state index contributed by atoms with van der Waals surface area (Å²) in [4.78, 5) is 13.3. The molecule has 29 heavy (non-hydrogen) atoms. The van der Waals surface area contributed by atoms with Crippen molar-refractivity contribution in [2.24, 2.45) is 15.7 Å². The molecule has 1 fully saturated rings. The smallest absolute Gasteiger partial charge is 0.222 e. The number of hydrogen-bond donors (Lipinski definition) is 2. The van der Waals surface area contributed by atoms with E-state index in [-0.39, 0.29) is 5.96 Å². The Labute approximate surface area is 179 Å². The molecule has 0 aromatic heterocycles. The van der Waals surface area contributed by atoms with E-state index in [1.165, 1.54) is 5.56 Å². The third-order valence-electron chi connectivity index (χ3n) is 4.69. The highest BCUT2D eigenvalue weighted by Crippen LogP contribution is 2.27. The quantitative estimate of drug-likeness (QED) is 0.775. The van der Waals surface area contributed by atoms with Crippen molar-refractivity contribution in [1.29, 1.82) is 0 Å². The lowest BCUT2D eigenvalue weighted by atomic mass is 10.2. The zero-order valence-electron chi connectivity index (χ0n) is 16.0. The van der Waals surface area contributed by atoms with Gasteiger partial charge in [-0.2, -0.15) is 4.99 Å². The molecule has 152 valence electrons. The number of guanidine groups is 2. The minimum absolute atomic E-state index is 0.209. The van der Waals surface area contributed by atoms with Gasteiger partial charge >= 0.3 is 0 Å². The lowest BCUT2D eigenvalue weighted by Gasteiger charge is -2.41. The Bertz CT molecular complexity index is 920. The van der Waals surface area contributed by atoms with Crippen LogP contribution in [0.25, 0.3) is 0 Å². The van der Waals surface area contributed by atoms with Gasteiger partial charge in [-0.25, -0.2) is 4.99 Å². The Morgan fingerprint density at radius 1 is 1.07 bits per heavy atom. The summed E-state index contributed by atoms with van der Waals surface area (Å²) in [6.45, 7) is 4.78.